The van der Waals surface area contributed by atoms with Crippen molar-refractivity contribution in [3.05, 3.63) is 0 Å². The number of nitrogens with one attached hydrogen (secondary N) is 3. The van der Waals surface area contributed by atoms with Gasteiger partial charge in [-0.2, -0.15) is 0 Å². The molecule has 7 N–H and O–H groups in total. The lowest BCUT2D eigenvalue weighted by Gasteiger charge is -2.27. The van der Waals surface area contributed by atoms with Gasteiger partial charge in [-0.1, -0.05) is 58.3 Å². The Morgan fingerprint density at radius 2 is 0.971 bits per heavy atom. The maximum atomic E-state index is 12.7. The minimum atomic E-state index is -1.65. The second-order valence-corrected chi connectivity index (χ2v) is 9.16. The summed E-state index contributed by atoms with van der Waals surface area (Å²) in [6.07, 6.45) is 5.83. The van der Waals surface area contributed by atoms with Gasteiger partial charge in [0.2, 0.25) is 17.7 Å². The van der Waals surface area contributed by atoms with Gasteiger partial charge in [-0.15, -0.1) is 0 Å². The van der Waals surface area contributed by atoms with Crippen molar-refractivity contribution in [1.82, 2.24) is 16.0 Å². The van der Waals surface area contributed by atoms with Crippen LogP contribution in [-0.2, 0) is 19.2 Å². The summed E-state index contributed by atoms with van der Waals surface area (Å²) in [5.41, 5.74) is 0. The molecule has 6 atom stereocenters. The molecule has 0 spiro atoms. The van der Waals surface area contributed by atoms with Crippen molar-refractivity contribution in [2.75, 3.05) is 0 Å². The van der Waals surface area contributed by atoms with Crippen LogP contribution in [0.15, 0.2) is 0 Å². The van der Waals surface area contributed by atoms with Crippen LogP contribution >= 0.6 is 0 Å². The summed E-state index contributed by atoms with van der Waals surface area (Å²) < 4.78 is 0. The van der Waals surface area contributed by atoms with Gasteiger partial charge < -0.3 is 36.4 Å². The molecule has 0 aromatic rings. The molecule has 11 heteroatoms. The van der Waals surface area contributed by atoms with Crippen LogP contribution in [0.25, 0.3) is 0 Å². The SMILES string of the molecule is CCCCCCCCCCCC(=O)NC(C(=O)NC(C(=O)NC(C(=O)O)C(C)O)C(C)O)C(C)O. The molecule has 0 saturated carbocycles. The van der Waals surface area contributed by atoms with Crippen molar-refractivity contribution in [2.24, 2.45) is 0 Å². The number of aliphatic hydroxyl groups excluding tert-OH is 3. The van der Waals surface area contributed by atoms with Crippen molar-refractivity contribution in [3.63, 3.8) is 0 Å². The smallest absolute Gasteiger partial charge is 0.328 e. The summed E-state index contributed by atoms with van der Waals surface area (Å²) >= 11 is 0. The molecule has 6 unspecified atom stereocenters. The summed E-state index contributed by atoms with van der Waals surface area (Å²) in [5, 5.41) is 45.3. The molecular weight excluding hydrogens is 458 g/mol. The van der Waals surface area contributed by atoms with Gasteiger partial charge in [0.05, 0.1) is 18.3 Å². The first-order valence-corrected chi connectivity index (χ1v) is 12.6. The number of aliphatic hydroxyl groups is 3. The monoisotopic (exact) mass is 503 g/mol. The molecule has 204 valence electrons. The predicted octanol–water partition coefficient (Wildman–Crippen LogP) is 0.589. The largest absolute Gasteiger partial charge is 0.480 e. The van der Waals surface area contributed by atoms with Gasteiger partial charge in [-0.05, 0) is 27.2 Å². The predicted molar refractivity (Wildman–Crippen MR) is 130 cm³/mol. The number of aliphatic carboxylic acids is 1. The van der Waals surface area contributed by atoms with Crippen LogP contribution in [-0.4, -0.2) is 80.6 Å². The Morgan fingerprint density at radius 1 is 0.600 bits per heavy atom. The lowest BCUT2D eigenvalue weighted by molar-refractivity contribution is -0.146. The maximum Gasteiger partial charge on any atom is 0.328 e. The Kier molecular flexibility index (Phi) is 16.9. The number of carboxylic acid groups (broad SMARTS) is 1. The number of rotatable bonds is 19. The van der Waals surface area contributed by atoms with E-state index < -0.39 is 60.1 Å². The summed E-state index contributed by atoms with van der Waals surface area (Å²) in [6, 6.07) is -4.59. The van der Waals surface area contributed by atoms with Crippen LogP contribution in [0, 0.1) is 0 Å². The molecule has 0 aliphatic rings. The first-order valence-electron chi connectivity index (χ1n) is 12.6. The molecule has 0 aromatic heterocycles. The fourth-order valence-electron chi connectivity index (χ4n) is 3.53. The topological polar surface area (TPSA) is 185 Å². The van der Waals surface area contributed by atoms with E-state index in [1.54, 1.807) is 0 Å². The second kappa shape index (κ2) is 18.1. The molecule has 0 aromatic carbocycles. The fourth-order valence-corrected chi connectivity index (χ4v) is 3.53. The van der Waals surface area contributed by atoms with Gasteiger partial charge >= 0.3 is 5.97 Å². The van der Waals surface area contributed by atoms with E-state index in [1.807, 2.05) is 0 Å². The average molecular weight is 504 g/mol. The van der Waals surface area contributed by atoms with E-state index in [1.165, 1.54) is 52.9 Å². The van der Waals surface area contributed by atoms with Gasteiger partial charge in [-0.25, -0.2) is 4.79 Å². The Labute approximate surface area is 208 Å². The van der Waals surface area contributed by atoms with Gasteiger partial charge in [0.1, 0.15) is 12.1 Å². The fraction of sp³-hybridized carbons (Fsp3) is 0.833. The van der Waals surface area contributed by atoms with E-state index in [4.69, 9.17) is 5.11 Å². The molecular formula is C24H45N3O8. The third-order valence-corrected chi connectivity index (χ3v) is 5.70. The van der Waals surface area contributed by atoms with E-state index in [0.29, 0.717) is 6.42 Å². The highest BCUT2D eigenvalue weighted by Crippen LogP contribution is 2.10. The normalized spacial score (nSPS) is 16.3. The Bertz CT molecular complexity index is 655. The molecule has 0 saturated heterocycles. The number of hydrogen-bond acceptors (Lipinski definition) is 7. The van der Waals surface area contributed by atoms with Crippen molar-refractivity contribution < 1.29 is 39.6 Å². The summed E-state index contributed by atoms with van der Waals surface area (Å²) in [4.78, 5) is 48.6. The second-order valence-electron chi connectivity index (χ2n) is 9.16. The molecule has 0 heterocycles. The van der Waals surface area contributed by atoms with Gasteiger partial charge in [0.15, 0.2) is 6.04 Å². The van der Waals surface area contributed by atoms with E-state index in [2.05, 4.69) is 22.9 Å². The highest BCUT2D eigenvalue weighted by atomic mass is 16.4. The van der Waals surface area contributed by atoms with Crippen LogP contribution < -0.4 is 16.0 Å². The van der Waals surface area contributed by atoms with E-state index in [0.717, 1.165) is 19.3 Å². The molecule has 0 bridgehead atoms. The minimum Gasteiger partial charge on any atom is -0.480 e. The zero-order valence-electron chi connectivity index (χ0n) is 21.5. The van der Waals surface area contributed by atoms with Crippen molar-refractivity contribution in [1.29, 1.82) is 0 Å². The summed E-state index contributed by atoms with van der Waals surface area (Å²) in [6.45, 7) is 5.85. The average Bonchev–Trinajstić information content (AvgIpc) is 2.77. The Morgan fingerprint density at radius 3 is 1.37 bits per heavy atom. The Hall–Kier alpha value is -2.24. The molecule has 3 amide bonds. The summed E-state index contributed by atoms with van der Waals surface area (Å²) in [5.74, 6) is -3.86. The van der Waals surface area contributed by atoms with Crippen molar-refractivity contribution >= 4 is 23.7 Å². The molecule has 0 radical (unpaired) electrons. The van der Waals surface area contributed by atoms with Gasteiger partial charge in [0.25, 0.3) is 0 Å². The maximum absolute atomic E-state index is 12.7. The third-order valence-electron chi connectivity index (χ3n) is 5.70. The summed E-state index contributed by atoms with van der Waals surface area (Å²) in [7, 11) is 0. The van der Waals surface area contributed by atoms with E-state index in [-0.39, 0.29) is 6.42 Å². The molecule has 0 aliphatic heterocycles. The lowest BCUT2D eigenvalue weighted by atomic mass is 10.1. The standard InChI is InChI=1S/C24H45N3O8/c1-5-6-7-8-9-10-11-12-13-14-18(31)25-19(15(2)28)22(32)26-20(16(3)29)23(33)27-21(17(4)30)24(34)35/h15-17,19-21,28-30H,5-14H2,1-4H3,(H,25,31)(H,26,32)(H,27,33)(H,34,35). The van der Waals surface area contributed by atoms with Crippen molar-refractivity contribution in [2.45, 2.75) is 128 Å². The minimum absolute atomic E-state index is 0.182. The molecule has 11 nitrogen and oxygen atoms in total. The van der Waals surface area contributed by atoms with Crippen LogP contribution in [0.2, 0.25) is 0 Å². The Balaban J connectivity index is 4.75. The zero-order valence-corrected chi connectivity index (χ0v) is 21.5. The highest BCUT2D eigenvalue weighted by molar-refractivity contribution is 5.94. The van der Waals surface area contributed by atoms with Gasteiger partial charge in [-0.3, -0.25) is 14.4 Å². The first kappa shape index (κ1) is 32.8. The number of carboxylic acids is 1. The van der Waals surface area contributed by atoms with Crippen LogP contribution in [0.1, 0.15) is 91.9 Å². The third kappa shape index (κ3) is 14.0. The van der Waals surface area contributed by atoms with Crippen LogP contribution in [0.5, 0.6) is 0 Å². The molecule has 0 rings (SSSR count). The molecule has 0 fully saturated rings. The molecule has 0 aliphatic carbocycles. The number of carbonyl (C=O) groups is 4. The van der Waals surface area contributed by atoms with Crippen LogP contribution in [0.4, 0.5) is 0 Å². The molecule has 35 heavy (non-hydrogen) atoms. The lowest BCUT2D eigenvalue weighted by Crippen LogP contribution is -2.61. The number of carbonyl (C=O) groups excluding carboxylic acids is 3. The first-order chi connectivity index (χ1) is 16.4. The quantitative estimate of drug-likeness (QED) is 0.125. The van der Waals surface area contributed by atoms with Crippen LogP contribution in [0.3, 0.4) is 0 Å². The van der Waals surface area contributed by atoms with E-state index in [9.17, 15) is 34.5 Å². The number of unbranched alkanes of at least 4 members (excludes halogenated alkanes) is 8. The number of amides is 3. The number of hydrogen-bond donors (Lipinski definition) is 7. The zero-order chi connectivity index (χ0) is 27.0. The van der Waals surface area contributed by atoms with Crippen molar-refractivity contribution in [3.8, 4) is 0 Å². The highest BCUT2D eigenvalue weighted by Gasteiger charge is 2.34. The van der Waals surface area contributed by atoms with Gasteiger partial charge in [0, 0.05) is 6.42 Å². The van der Waals surface area contributed by atoms with E-state index >= 15 is 0 Å².